The number of nitrogens with zero attached hydrogens (tertiary/aromatic N) is 4. The molecule has 3 rings (SSSR count). The summed E-state index contributed by atoms with van der Waals surface area (Å²) < 4.78 is 1.60. The van der Waals surface area contributed by atoms with Gasteiger partial charge in [-0.05, 0) is 19.1 Å². The lowest BCUT2D eigenvalue weighted by molar-refractivity contribution is -0.117. The lowest BCUT2D eigenvalue weighted by atomic mass is 10.2. The molecule has 8 nitrogen and oxygen atoms in total. The van der Waals surface area contributed by atoms with Crippen molar-refractivity contribution >= 4 is 23.3 Å². The summed E-state index contributed by atoms with van der Waals surface area (Å²) in [6.07, 6.45) is 3.27. The van der Waals surface area contributed by atoms with E-state index in [2.05, 4.69) is 32.8 Å². The lowest BCUT2D eigenvalue weighted by Gasteiger charge is -2.36. The van der Waals surface area contributed by atoms with E-state index in [0.717, 1.165) is 18.8 Å². The summed E-state index contributed by atoms with van der Waals surface area (Å²) in [5.74, 6) is -0.269. The molecule has 1 aliphatic rings. The molecular formula is C18H24N6O2. The smallest absolute Gasteiger partial charge is 0.318 e. The molecule has 8 heteroatoms. The second kappa shape index (κ2) is 7.90. The van der Waals surface area contributed by atoms with Crippen molar-refractivity contribution in [1.82, 2.24) is 20.0 Å². The van der Waals surface area contributed by atoms with Gasteiger partial charge in [0.25, 0.3) is 0 Å². The van der Waals surface area contributed by atoms with Crippen molar-refractivity contribution in [2.75, 3.05) is 36.4 Å². The molecule has 2 heterocycles. The summed E-state index contributed by atoms with van der Waals surface area (Å²) in [5, 5.41) is 9.49. The van der Waals surface area contributed by atoms with Crippen molar-refractivity contribution in [2.45, 2.75) is 13.0 Å². The van der Waals surface area contributed by atoms with Gasteiger partial charge in [0.15, 0.2) is 0 Å². The minimum absolute atomic E-state index is 0.216. The highest BCUT2D eigenvalue weighted by Gasteiger charge is 2.24. The van der Waals surface area contributed by atoms with Gasteiger partial charge < -0.3 is 20.4 Å². The molecule has 1 aliphatic heterocycles. The average molecular weight is 356 g/mol. The summed E-state index contributed by atoms with van der Waals surface area (Å²) in [4.78, 5) is 28.6. The molecule has 138 valence electrons. The number of urea groups is 1. The van der Waals surface area contributed by atoms with Crippen molar-refractivity contribution in [1.29, 1.82) is 0 Å². The first kappa shape index (κ1) is 17.8. The molecular weight excluding hydrogens is 332 g/mol. The molecule has 2 N–H and O–H groups in total. The summed E-state index contributed by atoms with van der Waals surface area (Å²) in [6.45, 7) is 4.46. The van der Waals surface area contributed by atoms with Crippen molar-refractivity contribution in [3.63, 3.8) is 0 Å². The van der Waals surface area contributed by atoms with Crippen molar-refractivity contribution in [3.05, 3.63) is 42.7 Å². The Morgan fingerprint density at radius 1 is 1.12 bits per heavy atom. The molecule has 0 bridgehead atoms. The van der Waals surface area contributed by atoms with E-state index in [4.69, 9.17) is 0 Å². The number of benzene rings is 1. The van der Waals surface area contributed by atoms with Crippen LogP contribution in [0.2, 0.25) is 0 Å². The van der Waals surface area contributed by atoms with Gasteiger partial charge in [-0.3, -0.25) is 9.48 Å². The van der Waals surface area contributed by atoms with E-state index in [0.29, 0.717) is 18.8 Å². The van der Waals surface area contributed by atoms with Crippen LogP contribution in [0.15, 0.2) is 42.7 Å². The molecule has 0 saturated carbocycles. The fourth-order valence-electron chi connectivity index (χ4n) is 2.88. The zero-order chi connectivity index (χ0) is 18.5. The third-order valence-corrected chi connectivity index (χ3v) is 4.39. The molecule has 2 aromatic rings. The molecule has 1 atom stereocenters. The van der Waals surface area contributed by atoms with Crippen LogP contribution in [-0.4, -0.2) is 58.8 Å². The van der Waals surface area contributed by atoms with Crippen LogP contribution in [0.3, 0.4) is 0 Å². The first-order valence-electron chi connectivity index (χ1n) is 8.68. The van der Waals surface area contributed by atoms with Gasteiger partial charge in [-0.15, -0.1) is 0 Å². The van der Waals surface area contributed by atoms with Gasteiger partial charge in [0, 0.05) is 45.1 Å². The van der Waals surface area contributed by atoms with E-state index >= 15 is 0 Å². The van der Waals surface area contributed by atoms with Gasteiger partial charge in [-0.2, -0.15) is 5.10 Å². The Morgan fingerprint density at radius 3 is 2.42 bits per heavy atom. The zero-order valence-corrected chi connectivity index (χ0v) is 15.1. The second-order valence-corrected chi connectivity index (χ2v) is 6.37. The Bertz CT molecular complexity index is 752. The number of carbonyl (C=O) groups is 2. The maximum atomic E-state index is 12.4. The van der Waals surface area contributed by atoms with E-state index in [1.165, 1.54) is 0 Å². The fraction of sp³-hybridized carbons (Fsp3) is 0.389. The number of hydrogen-bond donors (Lipinski definition) is 2. The number of rotatable bonds is 4. The number of piperazine rings is 1. The molecule has 0 unspecified atom stereocenters. The van der Waals surface area contributed by atoms with Crippen LogP contribution in [-0.2, 0) is 11.8 Å². The highest BCUT2D eigenvalue weighted by atomic mass is 16.2. The van der Waals surface area contributed by atoms with Crippen LogP contribution >= 0.6 is 0 Å². The average Bonchev–Trinajstić information content (AvgIpc) is 3.07. The minimum atomic E-state index is -0.630. The van der Waals surface area contributed by atoms with Gasteiger partial charge in [0.2, 0.25) is 5.91 Å². The number of hydrogen-bond acceptors (Lipinski definition) is 4. The number of anilines is 2. The molecule has 0 aliphatic carbocycles. The Hall–Kier alpha value is -3.03. The monoisotopic (exact) mass is 356 g/mol. The lowest BCUT2D eigenvalue weighted by Crippen LogP contribution is -2.54. The van der Waals surface area contributed by atoms with E-state index in [1.54, 1.807) is 35.9 Å². The summed E-state index contributed by atoms with van der Waals surface area (Å²) in [7, 11) is 1.77. The van der Waals surface area contributed by atoms with E-state index in [9.17, 15) is 9.59 Å². The van der Waals surface area contributed by atoms with Crippen molar-refractivity contribution < 1.29 is 9.59 Å². The first-order valence-corrected chi connectivity index (χ1v) is 8.68. The van der Waals surface area contributed by atoms with Crippen molar-refractivity contribution in [2.24, 2.45) is 7.05 Å². The van der Waals surface area contributed by atoms with Crippen LogP contribution in [0.25, 0.3) is 0 Å². The predicted octanol–water partition coefficient (Wildman–Crippen LogP) is 1.28. The van der Waals surface area contributed by atoms with Gasteiger partial charge in [0.05, 0.1) is 11.9 Å². The highest BCUT2D eigenvalue weighted by molar-refractivity contribution is 5.96. The Kier molecular flexibility index (Phi) is 5.40. The summed E-state index contributed by atoms with van der Waals surface area (Å²) in [5.41, 5.74) is 1.77. The minimum Gasteiger partial charge on any atom is -0.368 e. The topological polar surface area (TPSA) is 82.5 Å². The van der Waals surface area contributed by atoms with E-state index in [-0.39, 0.29) is 11.9 Å². The van der Waals surface area contributed by atoms with Gasteiger partial charge in [0.1, 0.15) is 6.04 Å². The predicted molar refractivity (Wildman–Crippen MR) is 100 cm³/mol. The maximum absolute atomic E-state index is 12.4. The normalized spacial score (nSPS) is 15.5. The second-order valence-electron chi connectivity index (χ2n) is 6.37. The Labute approximate surface area is 152 Å². The Morgan fingerprint density at radius 2 is 1.81 bits per heavy atom. The number of aromatic nitrogens is 2. The van der Waals surface area contributed by atoms with Gasteiger partial charge in [-0.25, -0.2) is 4.79 Å². The number of aryl methyl sites for hydroxylation is 1. The van der Waals surface area contributed by atoms with Crippen LogP contribution < -0.4 is 15.5 Å². The molecule has 1 saturated heterocycles. The molecule has 1 aromatic carbocycles. The molecule has 3 amide bonds. The number of carbonyl (C=O) groups excluding carboxylic acids is 2. The van der Waals surface area contributed by atoms with Gasteiger partial charge >= 0.3 is 6.03 Å². The molecule has 1 aromatic heterocycles. The Balaban J connectivity index is 1.47. The number of para-hydroxylation sites is 1. The molecule has 26 heavy (non-hydrogen) atoms. The summed E-state index contributed by atoms with van der Waals surface area (Å²) >= 11 is 0. The van der Waals surface area contributed by atoms with Crippen LogP contribution in [0, 0.1) is 0 Å². The largest absolute Gasteiger partial charge is 0.368 e. The third kappa shape index (κ3) is 4.33. The van der Waals surface area contributed by atoms with Crippen LogP contribution in [0.1, 0.15) is 6.92 Å². The van der Waals surface area contributed by atoms with Gasteiger partial charge in [-0.1, -0.05) is 18.2 Å². The standard InChI is InChI=1S/C18H24N6O2/c1-14(17(25)21-15-12-19-22(2)13-15)20-18(26)24-10-8-23(9-11-24)16-6-4-3-5-7-16/h3-7,12-14H,8-11H2,1-2H3,(H,20,26)(H,21,25)/t14-/m1/s1. The van der Waals surface area contributed by atoms with E-state index in [1.807, 2.05) is 18.2 Å². The molecule has 0 radical (unpaired) electrons. The third-order valence-electron chi connectivity index (χ3n) is 4.39. The number of nitrogens with one attached hydrogen (secondary N) is 2. The highest BCUT2D eigenvalue weighted by Crippen LogP contribution is 2.15. The zero-order valence-electron chi connectivity index (χ0n) is 15.1. The van der Waals surface area contributed by atoms with E-state index < -0.39 is 6.04 Å². The fourth-order valence-corrected chi connectivity index (χ4v) is 2.88. The SMILES string of the molecule is C[C@@H](NC(=O)N1CCN(c2ccccc2)CC1)C(=O)Nc1cnn(C)c1. The molecule has 1 fully saturated rings. The number of amides is 3. The summed E-state index contributed by atoms with van der Waals surface area (Å²) in [6, 6.07) is 9.31. The first-order chi connectivity index (χ1) is 12.5. The van der Waals surface area contributed by atoms with Crippen LogP contribution in [0.4, 0.5) is 16.2 Å². The molecule has 0 spiro atoms. The van der Waals surface area contributed by atoms with Crippen molar-refractivity contribution in [3.8, 4) is 0 Å². The maximum Gasteiger partial charge on any atom is 0.318 e. The quantitative estimate of drug-likeness (QED) is 0.865. The van der Waals surface area contributed by atoms with Crippen LogP contribution in [0.5, 0.6) is 0 Å².